The zero-order valence-electron chi connectivity index (χ0n) is 10.2. The number of allylic oxidation sites excluding steroid dienone is 9. The van der Waals surface area contributed by atoms with Gasteiger partial charge in [0.05, 0.1) is 0 Å². The van der Waals surface area contributed by atoms with Crippen LogP contribution in [0.3, 0.4) is 0 Å². The van der Waals surface area contributed by atoms with Gasteiger partial charge in [-0.3, -0.25) is 0 Å². The van der Waals surface area contributed by atoms with E-state index in [0.717, 1.165) is 6.42 Å². The normalized spacial score (nSPS) is 23.5. The van der Waals surface area contributed by atoms with Crippen molar-refractivity contribution in [2.45, 2.75) is 25.7 Å². The fourth-order valence-corrected chi connectivity index (χ4v) is 2.79. The molecule has 0 N–H and O–H groups in total. The maximum Gasteiger partial charge on any atom is 0.0402 e. The highest BCUT2D eigenvalue weighted by molar-refractivity contribution is 5.47. The number of piperidine rings is 1. The van der Waals surface area contributed by atoms with Gasteiger partial charge in [0.25, 0.3) is 0 Å². The summed E-state index contributed by atoms with van der Waals surface area (Å²) in [5.41, 5.74) is 4.32. The largest absolute Gasteiger partial charge is 0.371 e. The Labute approximate surface area is 104 Å². The molecule has 3 rings (SSSR count). The molecule has 0 aromatic carbocycles. The SMILES string of the molecule is C1=CC=C2CC(=C1)C=CC=C2N1CCCCC1. The Morgan fingerprint density at radius 3 is 2.53 bits per heavy atom. The third-order valence-corrected chi connectivity index (χ3v) is 3.70. The summed E-state index contributed by atoms with van der Waals surface area (Å²) < 4.78 is 0. The van der Waals surface area contributed by atoms with Gasteiger partial charge in [-0.05, 0) is 42.9 Å². The van der Waals surface area contributed by atoms with Gasteiger partial charge in [-0.25, -0.2) is 0 Å². The lowest BCUT2D eigenvalue weighted by Gasteiger charge is -2.32. The Morgan fingerprint density at radius 1 is 0.824 bits per heavy atom. The molecule has 0 aromatic heterocycles. The van der Waals surface area contributed by atoms with E-state index >= 15 is 0 Å². The van der Waals surface area contributed by atoms with E-state index in [2.05, 4.69) is 47.4 Å². The lowest BCUT2D eigenvalue weighted by atomic mass is 10.0. The Hall–Kier alpha value is -1.50. The molecule has 0 unspecified atom stereocenters. The van der Waals surface area contributed by atoms with Crippen LogP contribution in [0, 0.1) is 0 Å². The minimum atomic E-state index is 1.08. The Morgan fingerprint density at radius 2 is 1.65 bits per heavy atom. The Kier molecular flexibility index (Phi) is 3.00. The van der Waals surface area contributed by atoms with Gasteiger partial charge in [0.1, 0.15) is 0 Å². The second kappa shape index (κ2) is 4.79. The summed E-state index contributed by atoms with van der Waals surface area (Å²) in [5, 5.41) is 0. The highest BCUT2D eigenvalue weighted by Gasteiger charge is 2.18. The summed E-state index contributed by atoms with van der Waals surface area (Å²) >= 11 is 0. The van der Waals surface area contributed by atoms with Crippen molar-refractivity contribution < 1.29 is 0 Å². The number of nitrogens with zero attached hydrogens (tertiary/aromatic N) is 1. The van der Waals surface area contributed by atoms with Gasteiger partial charge in [0.2, 0.25) is 0 Å². The number of likely N-dealkylation sites (tertiary alicyclic amines) is 1. The maximum absolute atomic E-state index is 2.56. The molecule has 1 aliphatic heterocycles. The molecular weight excluding hydrogens is 206 g/mol. The minimum Gasteiger partial charge on any atom is -0.371 e. The first kappa shape index (κ1) is 10.6. The number of fused-ring (bicyclic) bond motifs is 2. The van der Waals surface area contributed by atoms with Gasteiger partial charge in [-0.2, -0.15) is 0 Å². The van der Waals surface area contributed by atoms with Crippen molar-refractivity contribution in [3.63, 3.8) is 0 Å². The topological polar surface area (TPSA) is 3.24 Å². The van der Waals surface area contributed by atoms with Crippen molar-refractivity contribution in [3.05, 3.63) is 59.4 Å². The zero-order valence-corrected chi connectivity index (χ0v) is 10.2. The van der Waals surface area contributed by atoms with E-state index in [1.807, 2.05) is 0 Å². The van der Waals surface area contributed by atoms with Gasteiger partial charge < -0.3 is 4.90 Å². The monoisotopic (exact) mass is 225 g/mol. The lowest BCUT2D eigenvalue weighted by Crippen LogP contribution is -2.29. The quantitative estimate of drug-likeness (QED) is 0.657. The van der Waals surface area contributed by atoms with Gasteiger partial charge in [-0.15, -0.1) is 0 Å². The molecule has 3 aliphatic rings. The average molecular weight is 225 g/mol. The number of hydrogen-bond donors (Lipinski definition) is 0. The average Bonchev–Trinajstić information content (AvgIpc) is 2.73. The van der Waals surface area contributed by atoms with E-state index in [1.54, 1.807) is 0 Å². The second-order valence-corrected chi connectivity index (χ2v) is 4.95. The first-order valence-electron chi connectivity index (χ1n) is 6.63. The molecule has 88 valence electrons. The molecule has 1 heteroatoms. The maximum atomic E-state index is 2.56. The van der Waals surface area contributed by atoms with E-state index in [1.165, 1.54) is 49.2 Å². The van der Waals surface area contributed by atoms with Gasteiger partial charge >= 0.3 is 0 Å². The molecule has 0 amide bonds. The Bertz CT molecular complexity index is 440. The van der Waals surface area contributed by atoms with Gasteiger partial charge in [0, 0.05) is 18.8 Å². The smallest absolute Gasteiger partial charge is 0.0402 e. The standard InChI is InChI=1S/C16H19N/c1-4-11-17(12-5-1)16-10-6-8-14-7-2-3-9-15(16)13-14/h2-3,6-10H,1,4-5,11-13H2. The summed E-state index contributed by atoms with van der Waals surface area (Å²) in [5.74, 6) is 0. The van der Waals surface area contributed by atoms with Crippen molar-refractivity contribution in [2.75, 3.05) is 13.1 Å². The predicted molar refractivity (Wildman–Crippen MR) is 72.6 cm³/mol. The summed E-state index contributed by atoms with van der Waals surface area (Å²) in [6.45, 7) is 2.44. The first-order valence-corrected chi connectivity index (χ1v) is 6.63. The highest BCUT2D eigenvalue weighted by Crippen LogP contribution is 2.29. The van der Waals surface area contributed by atoms with Crippen molar-refractivity contribution in [3.8, 4) is 0 Å². The van der Waals surface area contributed by atoms with Crippen LogP contribution in [0.25, 0.3) is 0 Å². The minimum absolute atomic E-state index is 1.08. The van der Waals surface area contributed by atoms with Gasteiger partial charge in [-0.1, -0.05) is 36.5 Å². The summed E-state index contributed by atoms with van der Waals surface area (Å²) in [6, 6.07) is 0. The summed E-state index contributed by atoms with van der Waals surface area (Å²) in [6.07, 6.45) is 20.7. The summed E-state index contributed by atoms with van der Waals surface area (Å²) in [4.78, 5) is 2.56. The van der Waals surface area contributed by atoms with Crippen LogP contribution < -0.4 is 0 Å². The molecule has 0 atom stereocenters. The van der Waals surface area contributed by atoms with Crippen LogP contribution in [0.5, 0.6) is 0 Å². The molecule has 1 nitrogen and oxygen atoms in total. The van der Waals surface area contributed by atoms with Crippen molar-refractivity contribution in [2.24, 2.45) is 0 Å². The first-order chi connectivity index (χ1) is 8.43. The molecule has 1 heterocycles. The number of rotatable bonds is 1. The molecule has 2 aliphatic carbocycles. The summed E-state index contributed by atoms with van der Waals surface area (Å²) in [7, 11) is 0. The third-order valence-electron chi connectivity index (χ3n) is 3.70. The van der Waals surface area contributed by atoms with Crippen molar-refractivity contribution in [1.29, 1.82) is 0 Å². The molecule has 1 fully saturated rings. The fraction of sp³-hybridized carbons (Fsp3) is 0.375. The lowest BCUT2D eigenvalue weighted by molar-refractivity contribution is 0.289. The molecule has 0 radical (unpaired) electrons. The van der Waals surface area contributed by atoms with Crippen LogP contribution in [-0.2, 0) is 0 Å². The van der Waals surface area contributed by atoms with Crippen LogP contribution in [0.2, 0.25) is 0 Å². The van der Waals surface area contributed by atoms with E-state index in [9.17, 15) is 0 Å². The van der Waals surface area contributed by atoms with Crippen LogP contribution in [0.15, 0.2) is 59.4 Å². The molecule has 17 heavy (non-hydrogen) atoms. The fourth-order valence-electron chi connectivity index (χ4n) is 2.79. The Balaban J connectivity index is 1.91. The van der Waals surface area contributed by atoms with E-state index in [0.29, 0.717) is 0 Å². The molecule has 0 spiro atoms. The van der Waals surface area contributed by atoms with E-state index < -0.39 is 0 Å². The highest BCUT2D eigenvalue weighted by atomic mass is 15.1. The zero-order chi connectivity index (χ0) is 11.5. The molecule has 2 bridgehead atoms. The van der Waals surface area contributed by atoms with Crippen LogP contribution in [-0.4, -0.2) is 18.0 Å². The van der Waals surface area contributed by atoms with Crippen molar-refractivity contribution in [1.82, 2.24) is 4.90 Å². The van der Waals surface area contributed by atoms with Crippen LogP contribution >= 0.6 is 0 Å². The third kappa shape index (κ3) is 2.28. The van der Waals surface area contributed by atoms with Crippen LogP contribution in [0.1, 0.15) is 25.7 Å². The van der Waals surface area contributed by atoms with Crippen molar-refractivity contribution >= 4 is 0 Å². The predicted octanol–water partition coefficient (Wildman–Crippen LogP) is 3.74. The van der Waals surface area contributed by atoms with Crippen LogP contribution in [0.4, 0.5) is 0 Å². The second-order valence-electron chi connectivity index (χ2n) is 4.95. The van der Waals surface area contributed by atoms with E-state index in [4.69, 9.17) is 0 Å². The molecular formula is C16H19N. The molecule has 1 saturated heterocycles. The molecule has 0 aromatic rings. The number of hydrogen-bond acceptors (Lipinski definition) is 1. The van der Waals surface area contributed by atoms with E-state index in [-0.39, 0.29) is 0 Å². The van der Waals surface area contributed by atoms with Gasteiger partial charge in [0.15, 0.2) is 0 Å². The molecule has 0 saturated carbocycles.